The van der Waals surface area contributed by atoms with Crippen molar-refractivity contribution in [3.05, 3.63) is 51.4 Å². The van der Waals surface area contributed by atoms with Crippen LogP contribution in [0.1, 0.15) is 17.4 Å². The minimum atomic E-state index is -0.297. The number of aromatic nitrogens is 2. The van der Waals surface area contributed by atoms with E-state index in [4.69, 9.17) is 0 Å². The highest BCUT2D eigenvalue weighted by Gasteiger charge is 2.28. The van der Waals surface area contributed by atoms with Gasteiger partial charge in [-0.15, -0.1) is 0 Å². The van der Waals surface area contributed by atoms with E-state index in [-0.39, 0.29) is 17.9 Å². The van der Waals surface area contributed by atoms with Crippen LogP contribution in [0.2, 0.25) is 0 Å². The molecule has 1 N–H and O–H groups in total. The molecule has 0 radical (unpaired) electrons. The maximum Gasteiger partial charge on any atom is 0.274 e. The zero-order valence-electron chi connectivity index (χ0n) is 14.7. The Kier molecular flexibility index (Phi) is 6.56. The fourth-order valence-corrected chi connectivity index (χ4v) is 4.02. The average Bonchev–Trinajstić information content (AvgIpc) is 2.69. The molecule has 0 saturated carbocycles. The third-order valence-electron chi connectivity index (χ3n) is 4.50. The molecule has 1 aromatic carbocycles. The van der Waals surface area contributed by atoms with Gasteiger partial charge in [-0.25, -0.2) is 4.98 Å². The van der Waals surface area contributed by atoms with Gasteiger partial charge in [-0.2, -0.15) is 0 Å². The summed E-state index contributed by atoms with van der Waals surface area (Å²) in [5, 5.41) is 2.95. The molecule has 7 nitrogen and oxygen atoms in total. The summed E-state index contributed by atoms with van der Waals surface area (Å²) in [5.41, 5.74) is 1.07. The number of anilines is 1. The van der Waals surface area contributed by atoms with Gasteiger partial charge in [0.05, 0.1) is 17.9 Å². The first-order chi connectivity index (χ1) is 13.0. The van der Waals surface area contributed by atoms with Crippen LogP contribution in [0.5, 0.6) is 0 Å². The van der Waals surface area contributed by atoms with Gasteiger partial charge in [0.15, 0.2) is 0 Å². The molecule has 0 bridgehead atoms. The van der Waals surface area contributed by atoms with Crippen LogP contribution < -0.4 is 5.32 Å². The lowest BCUT2D eigenvalue weighted by atomic mass is 10.2. The van der Waals surface area contributed by atoms with Gasteiger partial charge in [0.2, 0.25) is 5.91 Å². The van der Waals surface area contributed by atoms with Crippen molar-refractivity contribution < 1.29 is 9.59 Å². The number of piperazine rings is 1. The van der Waals surface area contributed by atoms with Crippen LogP contribution in [0.25, 0.3) is 0 Å². The third kappa shape index (κ3) is 4.91. The predicted molar refractivity (Wildman–Crippen MR) is 109 cm³/mol. The average molecular weight is 497 g/mol. The molecular formula is C18H19Br2N5O2. The number of halogens is 2. The second-order valence-electron chi connectivity index (χ2n) is 6.21. The van der Waals surface area contributed by atoms with Gasteiger partial charge in [-0.1, -0.05) is 15.9 Å². The van der Waals surface area contributed by atoms with Crippen molar-refractivity contribution in [3.63, 3.8) is 0 Å². The maximum absolute atomic E-state index is 12.6. The van der Waals surface area contributed by atoms with Crippen LogP contribution in [-0.2, 0) is 4.79 Å². The van der Waals surface area contributed by atoms with Crippen LogP contribution in [0.15, 0.2) is 45.7 Å². The fourth-order valence-electron chi connectivity index (χ4n) is 2.88. The van der Waals surface area contributed by atoms with Crippen LogP contribution in [-0.4, -0.2) is 63.8 Å². The Morgan fingerprint density at radius 2 is 1.89 bits per heavy atom. The Bertz CT molecular complexity index is 826. The highest BCUT2D eigenvalue weighted by Crippen LogP contribution is 2.26. The van der Waals surface area contributed by atoms with Gasteiger partial charge < -0.3 is 10.2 Å². The highest BCUT2D eigenvalue weighted by molar-refractivity contribution is 9.11. The monoisotopic (exact) mass is 495 g/mol. The minimum absolute atomic E-state index is 0.0771. The summed E-state index contributed by atoms with van der Waals surface area (Å²) in [5.74, 6) is -0.203. The second kappa shape index (κ2) is 8.90. The fraction of sp³-hybridized carbons (Fsp3) is 0.333. The molecule has 1 atom stereocenters. The lowest BCUT2D eigenvalue weighted by Gasteiger charge is -2.37. The normalized spacial score (nSPS) is 16.0. The molecule has 0 spiro atoms. The van der Waals surface area contributed by atoms with E-state index in [0.29, 0.717) is 31.9 Å². The number of nitrogens with one attached hydrogen (secondary N) is 1. The highest BCUT2D eigenvalue weighted by atomic mass is 79.9. The zero-order chi connectivity index (χ0) is 19.4. The number of nitrogens with zero attached hydrogens (tertiary/aromatic N) is 4. The van der Waals surface area contributed by atoms with E-state index < -0.39 is 0 Å². The van der Waals surface area contributed by atoms with Gasteiger partial charge >= 0.3 is 0 Å². The van der Waals surface area contributed by atoms with Gasteiger partial charge in [0.1, 0.15) is 5.69 Å². The van der Waals surface area contributed by atoms with Crippen molar-refractivity contribution in [2.75, 3.05) is 31.5 Å². The van der Waals surface area contributed by atoms with Gasteiger partial charge in [-0.3, -0.25) is 19.5 Å². The Balaban J connectivity index is 1.55. The number of hydrogen-bond donors (Lipinski definition) is 1. The molecule has 2 aromatic rings. The van der Waals surface area contributed by atoms with Crippen molar-refractivity contribution in [1.82, 2.24) is 19.8 Å². The van der Waals surface area contributed by atoms with Crippen LogP contribution in [0, 0.1) is 0 Å². The standard InChI is InChI=1S/C18H19Br2N5O2/c1-12(17(26)23-15-3-2-13(19)10-14(15)20)24-6-8-25(9-7-24)18(27)16-11-21-4-5-22-16/h2-5,10-12H,6-9H2,1H3,(H,23,26). The lowest BCUT2D eigenvalue weighted by Crippen LogP contribution is -2.54. The predicted octanol–water partition coefficient (Wildman–Crippen LogP) is 2.79. The summed E-state index contributed by atoms with van der Waals surface area (Å²) in [7, 11) is 0. The SMILES string of the molecule is CC(C(=O)Nc1ccc(Br)cc1Br)N1CCN(C(=O)c2cnccn2)CC1. The maximum atomic E-state index is 12.6. The number of benzene rings is 1. The van der Waals surface area contributed by atoms with E-state index in [2.05, 4.69) is 52.0 Å². The summed E-state index contributed by atoms with van der Waals surface area (Å²) in [4.78, 5) is 36.9. The smallest absolute Gasteiger partial charge is 0.274 e. The first-order valence-corrected chi connectivity index (χ1v) is 10.1. The molecule has 2 heterocycles. The zero-order valence-corrected chi connectivity index (χ0v) is 17.9. The largest absolute Gasteiger partial charge is 0.335 e. The van der Waals surface area contributed by atoms with Crippen LogP contribution in [0.4, 0.5) is 5.69 Å². The van der Waals surface area contributed by atoms with E-state index in [9.17, 15) is 9.59 Å². The van der Waals surface area contributed by atoms with Crippen LogP contribution in [0.3, 0.4) is 0 Å². The number of rotatable bonds is 4. The molecule has 1 aromatic heterocycles. The molecule has 1 aliphatic rings. The Labute approximate surface area is 174 Å². The summed E-state index contributed by atoms with van der Waals surface area (Å²) in [6.45, 7) is 4.23. The lowest BCUT2D eigenvalue weighted by molar-refractivity contribution is -0.121. The minimum Gasteiger partial charge on any atom is -0.335 e. The van der Waals surface area contributed by atoms with Crippen molar-refractivity contribution in [1.29, 1.82) is 0 Å². The topological polar surface area (TPSA) is 78.4 Å². The summed E-state index contributed by atoms with van der Waals surface area (Å²) < 4.78 is 1.75. The van der Waals surface area contributed by atoms with Gasteiger partial charge in [0, 0.05) is 47.5 Å². The summed E-state index contributed by atoms with van der Waals surface area (Å²) >= 11 is 6.85. The van der Waals surface area contributed by atoms with Crippen molar-refractivity contribution in [3.8, 4) is 0 Å². The molecule has 142 valence electrons. The third-order valence-corrected chi connectivity index (χ3v) is 5.65. The second-order valence-corrected chi connectivity index (χ2v) is 7.98. The van der Waals surface area contributed by atoms with E-state index >= 15 is 0 Å². The summed E-state index contributed by atoms with van der Waals surface area (Å²) in [6.07, 6.45) is 4.52. The van der Waals surface area contributed by atoms with E-state index in [0.717, 1.165) is 14.6 Å². The van der Waals surface area contributed by atoms with Gasteiger partial charge in [0.25, 0.3) is 5.91 Å². The number of carbonyl (C=O) groups is 2. The first-order valence-electron chi connectivity index (χ1n) is 8.51. The van der Waals surface area contributed by atoms with Crippen molar-refractivity contribution in [2.24, 2.45) is 0 Å². The van der Waals surface area contributed by atoms with Crippen molar-refractivity contribution >= 4 is 49.4 Å². The Morgan fingerprint density at radius 1 is 1.15 bits per heavy atom. The number of amides is 2. The Morgan fingerprint density at radius 3 is 2.52 bits per heavy atom. The first kappa shape index (κ1) is 19.9. The molecule has 1 aliphatic heterocycles. The van der Waals surface area contributed by atoms with Crippen LogP contribution >= 0.6 is 31.9 Å². The Hall–Kier alpha value is -1.84. The molecule has 9 heteroatoms. The quantitative estimate of drug-likeness (QED) is 0.704. The molecule has 1 unspecified atom stereocenters. The number of carbonyl (C=O) groups excluding carboxylic acids is 2. The molecule has 1 fully saturated rings. The van der Waals surface area contributed by atoms with E-state index in [1.54, 1.807) is 11.1 Å². The number of hydrogen-bond acceptors (Lipinski definition) is 5. The molecular weight excluding hydrogens is 478 g/mol. The van der Waals surface area contributed by atoms with E-state index in [1.807, 2.05) is 25.1 Å². The molecule has 2 amide bonds. The van der Waals surface area contributed by atoms with Gasteiger partial charge in [-0.05, 0) is 41.1 Å². The molecule has 1 saturated heterocycles. The summed E-state index contributed by atoms with van der Waals surface area (Å²) in [6, 6.07) is 5.31. The van der Waals surface area contributed by atoms with Crippen molar-refractivity contribution in [2.45, 2.75) is 13.0 Å². The molecule has 27 heavy (non-hydrogen) atoms. The molecule has 3 rings (SSSR count). The molecule has 0 aliphatic carbocycles. The van der Waals surface area contributed by atoms with E-state index in [1.165, 1.54) is 12.4 Å².